The first-order valence-corrected chi connectivity index (χ1v) is 9.04. The normalized spacial score (nSPS) is 10.8. The Hall–Kier alpha value is -3.87. The number of benzene rings is 2. The Balaban J connectivity index is 1.54. The number of hydrogen-bond acceptors (Lipinski definition) is 5. The summed E-state index contributed by atoms with van der Waals surface area (Å²) in [4.78, 5) is 24.9. The van der Waals surface area contributed by atoms with Gasteiger partial charge in [-0.2, -0.15) is 5.10 Å². The molecule has 0 bridgehead atoms. The SMILES string of the molecule is COc1ccc2c(=O)cc(C(=O)Nc3cnn(Cc4ccccc4C)c3)oc2c1. The van der Waals surface area contributed by atoms with Gasteiger partial charge in [0.2, 0.25) is 0 Å². The maximum absolute atomic E-state index is 12.6. The lowest BCUT2D eigenvalue weighted by molar-refractivity contribution is 0.0997. The number of aryl methyl sites for hydroxylation is 1. The molecule has 4 rings (SSSR count). The van der Waals surface area contributed by atoms with E-state index in [-0.39, 0.29) is 16.8 Å². The molecular formula is C22H19N3O4. The third kappa shape index (κ3) is 3.89. The van der Waals surface area contributed by atoms with Gasteiger partial charge in [-0.3, -0.25) is 14.3 Å². The molecule has 0 aliphatic rings. The van der Waals surface area contributed by atoms with Crippen molar-refractivity contribution in [2.75, 3.05) is 12.4 Å². The highest BCUT2D eigenvalue weighted by molar-refractivity contribution is 6.02. The highest BCUT2D eigenvalue weighted by Gasteiger charge is 2.14. The maximum Gasteiger partial charge on any atom is 0.291 e. The van der Waals surface area contributed by atoms with Crippen LogP contribution in [0.5, 0.6) is 5.75 Å². The molecule has 146 valence electrons. The van der Waals surface area contributed by atoms with Crippen LogP contribution in [0, 0.1) is 6.92 Å². The van der Waals surface area contributed by atoms with Gasteiger partial charge in [0.05, 0.1) is 30.9 Å². The number of amides is 1. The lowest BCUT2D eigenvalue weighted by atomic mass is 10.1. The fourth-order valence-corrected chi connectivity index (χ4v) is 3.04. The summed E-state index contributed by atoms with van der Waals surface area (Å²) in [5.41, 5.74) is 2.81. The Kier molecular flexibility index (Phi) is 4.87. The van der Waals surface area contributed by atoms with Crippen molar-refractivity contribution >= 4 is 22.6 Å². The third-order valence-corrected chi connectivity index (χ3v) is 4.64. The van der Waals surface area contributed by atoms with Crippen molar-refractivity contribution in [2.45, 2.75) is 13.5 Å². The second-order valence-electron chi connectivity index (χ2n) is 6.64. The van der Waals surface area contributed by atoms with E-state index in [1.54, 1.807) is 35.3 Å². The summed E-state index contributed by atoms with van der Waals surface area (Å²) >= 11 is 0. The largest absolute Gasteiger partial charge is 0.497 e. The molecule has 0 fully saturated rings. The minimum Gasteiger partial charge on any atom is -0.497 e. The van der Waals surface area contributed by atoms with Gasteiger partial charge < -0.3 is 14.5 Å². The molecule has 1 N–H and O–H groups in total. The van der Waals surface area contributed by atoms with Gasteiger partial charge in [-0.1, -0.05) is 24.3 Å². The van der Waals surface area contributed by atoms with Crippen LogP contribution in [0.25, 0.3) is 11.0 Å². The maximum atomic E-state index is 12.6. The number of hydrogen-bond donors (Lipinski definition) is 1. The minimum absolute atomic E-state index is 0.0811. The summed E-state index contributed by atoms with van der Waals surface area (Å²) in [7, 11) is 1.52. The van der Waals surface area contributed by atoms with Gasteiger partial charge in [-0.15, -0.1) is 0 Å². The molecule has 0 aliphatic carbocycles. The summed E-state index contributed by atoms with van der Waals surface area (Å²) in [6, 6.07) is 14.1. The summed E-state index contributed by atoms with van der Waals surface area (Å²) in [5.74, 6) is -0.0691. The molecule has 0 aliphatic heterocycles. The second kappa shape index (κ2) is 7.63. The number of nitrogens with zero attached hydrogens (tertiary/aromatic N) is 2. The van der Waals surface area contributed by atoms with Crippen LogP contribution in [-0.2, 0) is 6.54 Å². The van der Waals surface area contributed by atoms with Gasteiger partial charge in [0, 0.05) is 18.3 Å². The van der Waals surface area contributed by atoms with Crippen LogP contribution in [0.3, 0.4) is 0 Å². The molecule has 0 spiro atoms. The number of methoxy groups -OCH3 is 1. The van der Waals surface area contributed by atoms with E-state index < -0.39 is 5.91 Å². The molecule has 7 heteroatoms. The molecule has 0 radical (unpaired) electrons. The highest BCUT2D eigenvalue weighted by atomic mass is 16.5. The molecule has 1 amide bonds. The minimum atomic E-state index is -0.526. The van der Waals surface area contributed by atoms with Crippen molar-refractivity contribution in [3.8, 4) is 5.75 Å². The molecule has 0 unspecified atom stereocenters. The molecule has 0 atom stereocenters. The first kappa shape index (κ1) is 18.5. The summed E-state index contributed by atoms with van der Waals surface area (Å²) in [5, 5.41) is 7.38. The Morgan fingerprint density at radius 2 is 2.03 bits per heavy atom. The zero-order chi connectivity index (χ0) is 20.4. The predicted molar refractivity (Wildman–Crippen MR) is 109 cm³/mol. The summed E-state index contributed by atoms with van der Waals surface area (Å²) < 4.78 is 12.5. The van der Waals surface area contributed by atoms with E-state index in [9.17, 15) is 9.59 Å². The molecule has 0 saturated heterocycles. The smallest absolute Gasteiger partial charge is 0.291 e. The molecule has 2 aromatic heterocycles. The van der Waals surface area contributed by atoms with E-state index >= 15 is 0 Å². The van der Waals surface area contributed by atoms with Crippen LogP contribution in [0.2, 0.25) is 0 Å². The highest BCUT2D eigenvalue weighted by Crippen LogP contribution is 2.20. The number of ether oxygens (including phenoxy) is 1. The zero-order valence-corrected chi connectivity index (χ0v) is 16.0. The van der Waals surface area contributed by atoms with E-state index in [1.807, 2.05) is 31.2 Å². The van der Waals surface area contributed by atoms with Crippen molar-refractivity contribution in [3.63, 3.8) is 0 Å². The Labute approximate surface area is 166 Å². The van der Waals surface area contributed by atoms with Crippen molar-refractivity contribution in [3.05, 3.63) is 88.0 Å². The number of carbonyl (C=O) groups excluding carboxylic acids is 1. The number of rotatable bonds is 5. The van der Waals surface area contributed by atoms with Crippen molar-refractivity contribution in [1.82, 2.24) is 9.78 Å². The van der Waals surface area contributed by atoms with Crippen molar-refractivity contribution < 1.29 is 13.9 Å². The van der Waals surface area contributed by atoms with E-state index in [1.165, 1.54) is 18.7 Å². The average molecular weight is 389 g/mol. The van der Waals surface area contributed by atoms with Crippen LogP contribution in [0.4, 0.5) is 5.69 Å². The quantitative estimate of drug-likeness (QED) is 0.564. The monoisotopic (exact) mass is 389 g/mol. The standard InChI is InChI=1S/C22H19N3O4/c1-14-5-3-4-6-15(14)12-25-13-16(11-23-25)24-22(27)21-10-19(26)18-8-7-17(28-2)9-20(18)29-21/h3-11,13H,12H2,1-2H3,(H,24,27). The van der Waals surface area contributed by atoms with E-state index in [0.29, 0.717) is 23.4 Å². The number of aromatic nitrogens is 2. The third-order valence-electron chi connectivity index (χ3n) is 4.64. The Bertz CT molecular complexity index is 1260. The van der Waals surface area contributed by atoms with Crippen LogP contribution in [0.1, 0.15) is 21.7 Å². The van der Waals surface area contributed by atoms with Crippen LogP contribution >= 0.6 is 0 Å². The van der Waals surface area contributed by atoms with Gasteiger partial charge in [0.15, 0.2) is 11.2 Å². The molecule has 29 heavy (non-hydrogen) atoms. The molecule has 2 heterocycles. The molecule has 4 aromatic rings. The Morgan fingerprint density at radius 1 is 1.21 bits per heavy atom. The second-order valence-corrected chi connectivity index (χ2v) is 6.64. The number of anilines is 1. The van der Waals surface area contributed by atoms with Gasteiger partial charge in [-0.25, -0.2) is 0 Å². The van der Waals surface area contributed by atoms with Crippen molar-refractivity contribution in [2.24, 2.45) is 0 Å². The zero-order valence-electron chi connectivity index (χ0n) is 16.0. The van der Waals surface area contributed by atoms with Gasteiger partial charge in [0.25, 0.3) is 5.91 Å². The number of fused-ring (bicyclic) bond motifs is 1. The average Bonchev–Trinajstić information content (AvgIpc) is 3.16. The van der Waals surface area contributed by atoms with Gasteiger partial charge in [0.1, 0.15) is 11.3 Å². The first-order valence-electron chi connectivity index (χ1n) is 9.04. The predicted octanol–water partition coefficient (Wildman–Crippen LogP) is 3.61. The molecule has 7 nitrogen and oxygen atoms in total. The topological polar surface area (TPSA) is 86.4 Å². The van der Waals surface area contributed by atoms with Crippen LogP contribution in [0.15, 0.2) is 70.1 Å². The van der Waals surface area contributed by atoms with E-state index in [0.717, 1.165) is 5.56 Å². The number of carbonyl (C=O) groups is 1. The fourth-order valence-electron chi connectivity index (χ4n) is 3.04. The van der Waals surface area contributed by atoms with Gasteiger partial charge in [-0.05, 0) is 30.2 Å². The van der Waals surface area contributed by atoms with Crippen LogP contribution in [-0.4, -0.2) is 22.8 Å². The Morgan fingerprint density at radius 3 is 2.83 bits per heavy atom. The first-order chi connectivity index (χ1) is 14.0. The summed E-state index contributed by atoms with van der Waals surface area (Å²) in [6.07, 6.45) is 3.28. The molecule has 0 saturated carbocycles. The van der Waals surface area contributed by atoms with Gasteiger partial charge >= 0.3 is 0 Å². The lowest BCUT2D eigenvalue weighted by Gasteiger charge is -2.06. The summed E-state index contributed by atoms with van der Waals surface area (Å²) in [6.45, 7) is 2.63. The fraction of sp³-hybridized carbons (Fsp3) is 0.136. The van der Waals surface area contributed by atoms with Crippen LogP contribution < -0.4 is 15.5 Å². The number of nitrogens with one attached hydrogen (secondary N) is 1. The van der Waals surface area contributed by atoms with E-state index in [4.69, 9.17) is 9.15 Å². The van der Waals surface area contributed by atoms with E-state index in [2.05, 4.69) is 10.4 Å². The lowest BCUT2D eigenvalue weighted by Crippen LogP contribution is -2.14. The molecular weight excluding hydrogens is 370 g/mol. The molecule has 2 aromatic carbocycles. The van der Waals surface area contributed by atoms with Crippen molar-refractivity contribution in [1.29, 1.82) is 0 Å².